The molecule has 2 heterocycles. The van der Waals surface area contributed by atoms with E-state index in [-0.39, 0.29) is 0 Å². The molecule has 1 saturated carbocycles. The Morgan fingerprint density at radius 1 is 1.07 bits per heavy atom. The summed E-state index contributed by atoms with van der Waals surface area (Å²) >= 11 is 0. The van der Waals surface area contributed by atoms with Crippen molar-refractivity contribution in [2.75, 3.05) is 5.32 Å². The molecule has 0 aliphatic heterocycles. The number of nitriles is 1. The highest BCUT2D eigenvalue weighted by molar-refractivity contribution is 6.00. The Labute approximate surface area is 163 Å². The fourth-order valence-electron chi connectivity index (χ4n) is 3.79. The van der Waals surface area contributed by atoms with Crippen LogP contribution < -0.4 is 5.32 Å². The molecule has 5 rings (SSSR count). The van der Waals surface area contributed by atoms with Gasteiger partial charge in [0.25, 0.3) is 0 Å². The van der Waals surface area contributed by atoms with Crippen LogP contribution in [0.2, 0.25) is 0 Å². The molecule has 2 aromatic heterocycles. The molecular formula is C23H19N5. The number of aromatic nitrogens is 3. The van der Waals surface area contributed by atoms with Crippen LogP contribution in [-0.4, -0.2) is 21.2 Å². The van der Waals surface area contributed by atoms with Crippen molar-refractivity contribution in [3.05, 3.63) is 60.6 Å². The molecule has 0 spiro atoms. The molecule has 0 radical (unpaired) electrons. The first-order chi connectivity index (χ1) is 13.7. The molecule has 1 aliphatic rings. The quantitative estimate of drug-likeness (QED) is 0.555. The van der Waals surface area contributed by atoms with Gasteiger partial charge in [-0.3, -0.25) is 4.98 Å². The van der Waals surface area contributed by atoms with Gasteiger partial charge in [0, 0.05) is 34.8 Å². The van der Waals surface area contributed by atoms with Crippen LogP contribution in [0.4, 0.5) is 5.69 Å². The fraction of sp³-hybridized carbons (Fsp3) is 0.217. The van der Waals surface area contributed by atoms with Crippen LogP contribution >= 0.6 is 0 Å². The molecule has 136 valence electrons. The summed E-state index contributed by atoms with van der Waals surface area (Å²) in [7, 11) is 0. The second-order valence-corrected chi connectivity index (χ2v) is 7.45. The summed E-state index contributed by atoms with van der Waals surface area (Å²) in [4.78, 5) is 4.39. The maximum Gasteiger partial charge on any atom is 0.186 e. The molecule has 0 saturated heterocycles. The normalized spacial score (nSPS) is 14.7. The standard InChI is InChI=1S/C23H19N5/c1-14(15-6-7-15)26-23-19-9-8-16(10-21(19)27-28-22(23)11-24)20-13-25-12-17-4-2-3-5-18(17)20/h2-5,8-10,12-15H,6-7H2,1H3,(H,26,27). The van der Waals surface area contributed by atoms with Gasteiger partial charge in [0.15, 0.2) is 5.69 Å². The zero-order valence-electron chi connectivity index (χ0n) is 15.6. The summed E-state index contributed by atoms with van der Waals surface area (Å²) in [5, 5.41) is 24.7. The Morgan fingerprint density at radius 2 is 1.93 bits per heavy atom. The molecular weight excluding hydrogens is 346 g/mol. The first-order valence-electron chi connectivity index (χ1n) is 9.55. The zero-order valence-corrected chi connectivity index (χ0v) is 15.6. The zero-order chi connectivity index (χ0) is 19.1. The highest BCUT2D eigenvalue weighted by Gasteiger charge is 2.29. The van der Waals surface area contributed by atoms with Gasteiger partial charge in [-0.25, -0.2) is 0 Å². The van der Waals surface area contributed by atoms with Crippen LogP contribution in [0.5, 0.6) is 0 Å². The maximum absolute atomic E-state index is 9.50. The fourth-order valence-corrected chi connectivity index (χ4v) is 3.79. The SMILES string of the molecule is CC(Nc1c(C#N)nnc2cc(-c3cncc4ccccc34)ccc12)C1CC1. The van der Waals surface area contributed by atoms with Gasteiger partial charge in [-0.1, -0.05) is 30.3 Å². The Kier molecular flexibility index (Phi) is 3.91. The van der Waals surface area contributed by atoms with Crippen LogP contribution in [0.25, 0.3) is 32.8 Å². The van der Waals surface area contributed by atoms with Gasteiger partial charge < -0.3 is 5.32 Å². The van der Waals surface area contributed by atoms with E-state index in [0.717, 1.165) is 38.5 Å². The van der Waals surface area contributed by atoms with E-state index in [1.165, 1.54) is 12.8 Å². The van der Waals surface area contributed by atoms with Gasteiger partial charge >= 0.3 is 0 Å². The molecule has 28 heavy (non-hydrogen) atoms. The Hall–Kier alpha value is -3.52. The summed E-state index contributed by atoms with van der Waals surface area (Å²) in [6, 6.07) is 16.8. The highest BCUT2D eigenvalue weighted by atomic mass is 15.1. The van der Waals surface area contributed by atoms with E-state index in [2.05, 4.69) is 51.7 Å². The highest BCUT2D eigenvalue weighted by Crippen LogP contribution is 2.36. The lowest BCUT2D eigenvalue weighted by Crippen LogP contribution is -2.19. The van der Waals surface area contributed by atoms with Crippen molar-refractivity contribution >= 4 is 27.4 Å². The molecule has 5 nitrogen and oxygen atoms in total. The molecule has 4 aromatic rings. The number of nitrogens with zero attached hydrogens (tertiary/aromatic N) is 4. The van der Waals surface area contributed by atoms with E-state index >= 15 is 0 Å². The maximum atomic E-state index is 9.50. The molecule has 0 bridgehead atoms. The lowest BCUT2D eigenvalue weighted by atomic mass is 9.99. The van der Waals surface area contributed by atoms with Crippen LogP contribution in [0.3, 0.4) is 0 Å². The van der Waals surface area contributed by atoms with Crippen LogP contribution in [0, 0.1) is 17.2 Å². The van der Waals surface area contributed by atoms with Crippen molar-refractivity contribution in [1.82, 2.24) is 15.2 Å². The van der Waals surface area contributed by atoms with Gasteiger partial charge in [-0.2, -0.15) is 5.26 Å². The van der Waals surface area contributed by atoms with Crippen molar-refractivity contribution < 1.29 is 0 Å². The summed E-state index contributed by atoms with van der Waals surface area (Å²) in [5.41, 5.74) is 4.01. The van der Waals surface area contributed by atoms with Crippen LogP contribution in [-0.2, 0) is 0 Å². The van der Waals surface area contributed by atoms with E-state index in [1.807, 2.05) is 36.7 Å². The van der Waals surface area contributed by atoms with Crippen molar-refractivity contribution in [1.29, 1.82) is 5.26 Å². The average molecular weight is 365 g/mol. The smallest absolute Gasteiger partial charge is 0.186 e. The Balaban J connectivity index is 1.64. The molecule has 2 aromatic carbocycles. The lowest BCUT2D eigenvalue weighted by Gasteiger charge is -2.17. The molecule has 1 unspecified atom stereocenters. The van der Waals surface area contributed by atoms with Crippen molar-refractivity contribution in [2.24, 2.45) is 5.92 Å². The molecule has 1 fully saturated rings. The summed E-state index contributed by atoms with van der Waals surface area (Å²) < 4.78 is 0. The van der Waals surface area contributed by atoms with E-state index in [1.54, 1.807) is 0 Å². The van der Waals surface area contributed by atoms with Crippen molar-refractivity contribution in [2.45, 2.75) is 25.8 Å². The minimum absolute atomic E-state index is 0.321. The summed E-state index contributed by atoms with van der Waals surface area (Å²) in [5.74, 6) is 0.677. The second kappa shape index (κ2) is 6.58. The minimum Gasteiger partial charge on any atom is -0.379 e. The first kappa shape index (κ1) is 16.6. The third-order valence-corrected chi connectivity index (χ3v) is 5.55. The van der Waals surface area contributed by atoms with Gasteiger partial charge in [-0.05, 0) is 48.8 Å². The van der Waals surface area contributed by atoms with E-state index in [0.29, 0.717) is 17.7 Å². The van der Waals surface area contributed by atoms with Gasteiger partial charge in [-0.15, -0.1) is 10.2 Å². The molecule has 1 atom stereocenters. The molecule has 1 N–H and O–H groups in total. The Bertz CT molecular complexity index is 1230. The van der Waals surface area contributed by atoms with Crippen LogP contribution in [0.1, 0.15) is 25.5 Å². The minimum atomic E-state index is 0.321. The monoisotopic (exact) mass is 365 g/mol. The number of anilines is 1. The van der Waals surface area contributed by atoms with Crippen molar-refractivity contribution in [3.63, 3.8) is 0 Å². The number of hydrogen-bond acceptors (Lipinski definition) is 5. The third kappa shape index (κ3) is 2.84. The lowest BCUT2D eigenvalue weighted by molar-refractivity contribution is 0.694. The number of nitrogens with one attached hydrogen (secondary N) is 1. The number of benzene rings is 2. The number of pyridine rings is 1. The van der Waals surface area contributed by atoms with Gasteiger partial charge in [0.1, 0.15) is 6.07 Å². The topological polar surface area (TPSA) is 74.5 Å². The van der Waals surface area contributed by atoms with E-state index in [9.17, 15) is 5.26 Å². The number of hydrogen-bond donors (Lipinski definition) is 1. The predicted octanol–water partition coefficient (Wildman–Crippen LogP) is 4.93. The van der Waals surface area contributed by atoms with Crippen LogP contribution in [0.15, 0.2) is 54.9 Å². The summed E-state index contributed by atoms with van der Waals surface area (Å²) in [6.45, 7) is 2.17. The van der Waals surface area contributed by atoms with Gasteiger partial charge in [0.05, 0.1) is 11.2 Å². The van der Waals surface area contributed by atoms with Gasteiger partial charge in [0.2, 0.25) is 0 Å². The molecule has 1 aliphatic carbocycles. The van der Waals surface area contributed by atoms with E-state index < -0.39 is 0 Å². The number of fused-ring (bicyclic) bond motifs is 2. The third-order valence-electron chi connectivity index (χ3n) is 5.55. The first-order valence-corrected chi connectivity index (χ1v) is 9.55. The average Bonchev–Trinajstić information content (AvgIpc) is 3.58. The summed E-state index contributed by atoms with van der Waals surface area (Å²) in [6.07, 6.45) is 6.24. The molecule has 5 heteroatoms. The largest absolute Gasteiger partial charge is 0.379 e. The van der Waals surface area contributed by atoms with E-state index in [4.69, 9.17) is 0 Å². The Morgan fingerprint density at radius 3 is 2.75 bits per heavy atom. The molecule has 0 amide bonds. The number of rotatable bonds is 4. The predicted molar refractivity (Wildman–Crippen MR) is 111 cm³/mol. The second-order valence-electron chi connectivity index (χ2n) is 7.45. The van der Waals surface area contributed by atoms with Crippen molar-refractivity contribution in [3.8, 4) is 17.2 Å².